The van der Waals surface area contributed by atoms with Crippen LogP contribution in [-0.2, 0) is 18.5 Å². The van der Waals surface area contributed by atoms with Crippen molar-refractivity contribution < 1.29 is 9.59 Å². The molecule has 0 atom stereocenters. The van der Waals surface area contributed by atoms with Crippen LogP contribution in [0, 0.1) is 13.8 Å². The minimum absolute atomic E-state index is 0.0715. The molecule has 5 aromatic rings. The van der Waals surface area contributed by atoms with Gasteiger partial charge in [0.05, 0.1) is 0 Å². The fraction of sp³-hybridized carbons (Fsp3) is 0.222. The van der Waals surface area contributed by atoms with Crippen molar-refractivity contribution in [1.82, 2.24) is 9.88 Å². The molecule has 1 amide bonds. The molecule has 0 radical (unpaired) electrons. The molecule has 4 aromatic carbocycles. The maximum Gasteiger partial charge on any atom is 0.251 e. The fourth-order valence-corrected chi connectivity index (χ4v) is 5.24. The molecular formula is C36H36N2O2. The van der Waals surface area contributed by atoms with Gasteiger partial charge in [0.25, 0.3) is 5.91 Å². The molecule has 0 fully saturated rings. The second-order valence-electron chi connectivity index (χ2n) is 11.6. The SMILES string of the molecule is Cc1c(C)n(Cc2ccc(-c3ccccc3C=O)cc2)c2ccc(C(=O)NCc3ccc(C(C)(C)C)cc3)cc12. The summed E-state index contributed by atoms with van der Waals surface area (Å²) in [5.74, 6) is -0.0715. The topological polar surface area (TPSA) is 51.1 Å². The number of fused-ring (bicyclic) bond motifs is 1. The predicted molar refractivity (Wildman–Crippen MR) is 164 cm³/mol. The van der Waals surface area contributed by atoms with Crippen LogP contribution in [0.15, 0.2) is 91.0 Å². The van der Waals surface area contributed by atoms with Gasteiger partial charge in [-0.05, 0) is 70.8 Å². The van der Waals surface area contributed by atoms with Crippen LogP contribution in [0.25, 0.3) is 22.0 Å². The van der Waals surface area contributed by atoms with Crippen molar-refractivity contribution in [2.75, 3.05) is 0 Å². The summed E-state index contributed by atoms with van der Waals surface area (Å²) in [7, 11) is 0. The summed E-state index contributed by atoms with van der Waals surface area (Å²) in [4.78, 5) is 24.5. The van der Waals surface area contributed by atoms with Gasteiger partial charge < -0.3 is 9.88 Å². The van der Waals surface area contributed by atoms with E-state index in [-0.39, 0.29) is 11.3 Å². The van der Waals surface area contributed by atoms with E-state index in [0.29, 0.717) is 17.7 Å². The molecule has 202 valence electrons. The first-order valence-electron chi connectivity index (χ1n) is 13.8. The molecule has 0 saturated heterocycles. The maximum atomic E-state index is 13.0. The molecule has 5 rings (SSSR count). The van der Waals surface area contributed by atoms with Crippen molar-refractivity contribution in [2.24, 2.45) is 0 Å². The molecule has 4 nitrogen and oxygen atoms in total. The highest BCUT2D eigenvalue weighted by Crippen LogP contribution is 2.29. The van der Waals surface area contributed by atoms with Gasteiger partial charge in [0.2, 0.25) is 0 Å². The molecule has 1 N–H and O–H groups in total. The number of carbonyl (C=O) groups excluding carboxylic acids is 2. The number of rotatable bonds is 7. The van der Waals surface area contributed by atoms with Gasteiger partial charge in [-0.3, -0.25) is 9.59 Å². The predicted octanol–water partition coefficient (Wildman–Crippen LogP) is 8.01. The Labute approximate surface area is 236 Å². The van der Waals surface area contributed by atoms with Crippen molar-refractivity contribution in [2.45, 2.75) is 53.1 Å². The number of carbonyl (C=O) groups is 2. The first kappa shape index (κ1) is 27.1. The summed E-state index contributed by atoms with van der Waals surface area (Å²) in [6.07, 6.45) is 0.903. The summed E-state index contributed by atoms with van der Waals surface area (Å²) in [5, 5.41) is 4.17. The van der Waals surface area contributed by atoms with Crippen molar-refractivity contribution in [3.8, 4) is 11.1 Å². The van der Waals surface area contributed by atoms with E-state index >= 15 is 0 Å². The maximum absolute atomic E-state index is 13.0. The third kappa shape index (κ3) is 5.48. The fourth-order valence-electron chi connectivity index (χ4n) is 5.24. The van der Waals surface area contributed by atoms with Crippen LogP contribution >= 0.6 is 0 Å². The van der Waals surface area contributed by atoms with Gasteiger partial charge in [-0.15, -0.1) is 0 Å². The van der Waals surface area contributed by atoms with Gasteiger partial charge >= 0.3 is 0 Å². The number of aldehydes is 1. The molecule has 4 heteroatoms. The van der Waals surface area contributed by atoms with E-state index in [2.05, 4.69) is 99.1 Å². The Morgan fingerprint density at radius 1 is 0.850 bits per heavy atom. The van der Waals surface area contributed by atoms with Gasteiger partial charge in [-0.25, -0.2) is 0 Å². The lowest BCUT2D eigenvalue weighted by atomic mass is 9.87. The third-order valence-electron chi connectivity index (χ3n) is 7.87. The molecule has 1 heterocycles. The molecular weight excluding hydrogens is 492 g/mol. The van der Waals surface area contributed by atoms with E-state index in [1.54, 1.807) is 0 Å². The monoisotopic (exact) mass is 528 g/mol. The lowest BCUT2D eigenvalue weighted by molar-refractivity contribution is 0.0950. The summed E-state index contributed by atoms with van der Waals surface area (Å²) in [6.45, 7) is 12.1. The number of hydrogen-bond donors (Lipinski definition) is 1. The molecule has 0 spiro atoms. The van der Waals surface area contributed by atoms with Gasteiger partial charge in [0.15, 0.2) is 6.29 Å². The van der Waals surface area contributed by atoms with Crippen LogP contribution in [0.1, 0.15) is 69.4 Å². The highest BCUT2D eigenvalue weighted by Gasteiger charge is 2.16. The summed E-state index contributed by atoms with van der Waals surface area (Å²) in [5.41, 5.74) is 10.4. The van der Waals surface area contributed by atoms with E-state index in [1.807, 2.05) is 36.4 Å². The zero-order chi connectivity index (χ0) is 28.4. The van der Waals surface area contributed by atoms with E-state index in [0.717, 1.165) is 40.4 Å². The minimum Gasteiger partial charge on any atom is -0.348 e. The van der Waals surface area contributed by atoms with Gasteiger partial charge in [-0.1, -0.05) is 93.6 Å². The van der Waals surface area contributed by atoms with E-state index in [4.69, 9.17) is 0 Å². The molecule has 0 bridgehead atoms. The van der Waals surface area contributed by atoms with E-state index in [1.165, 1.54) is 22.4 Å². The second-order valence-corrected chi connectivity index (χ2v) is 11.6. The van der Waals surface area contributed by atoms with Crippen molar-refractivity contribution in [3.63, 3.8) is 0 Å². The highest BCUT2D eigenvalue weighted by atomic mass is 16.1. The third-order valence-corrected chi connectivity index (χ3v) is 7.87. The Bertz CT molecular complexity index is 1680. The number of aryl methyl sites for hydroxylation is 1. The second kappa shape index (κ2) is 11.0. The van der Waals surface area contributed by atoms with Crippen molar-refractivity contribution in [1.29, 1.82) is 0 Å². The van der Waals surface area contributed by atoms with Crippen molar-refractivity contribution in [3.05, 3.63) is 130 Å². The Morgan fingerprint density at radius 2 is 1.52 bits per heavy atom. The van der Waals surface area contributed by atoms with Gasteiger partial charge in [0.1, 0.15) is 0 Å². The average Bonchev–Trinajstić information content (AvgIpc) is 3.20. The van der Waals surface area contributed by atoms with Gasteiger partial charge in [-0.2, -0.15) is 0 Å². The van der Waals surface area contributed by atoms with Crippen LogP contribution in [0.4, 0.5) is 0 Å². The smallest absolute Gasteiger partial charge is 0.251 e. The molecule has 1 aromatic heterocycles. The van der Waals surface area contributed by atoms with Crippen LogP contribution in [0.2, 0.25) is 0 Å². The normalized spacial score (nSPS) is 11.5. The molecule has 40 heavy (non-hydrogen) atoms. The van der Waals surface area contributed by atoms with E-state index in [9.17, 15) is 9.59 Å². The standard InChI is InChI=1S/C36H36N2O2/c1-24-25(2)38(22-27-10-14-28(15-11-27)32-9-7-6-8-30(32)23-39)34-19-16-29(20-33(24)34)35(40)37-21-26-12-17-31(18-13-26)36(3,4)5/h6-20,23H,21-22H2,1-5H3,(H,37,40). The zero-order valence-electron chi connectivity index (χ0n) is 23.9. The first-order valence-corrected chi connectivity index (χ1v) is 13.8. The van der Waals surface area contributed by atoms with Crippen LogP contribution in [0.5, 0.6) is 0 Å². The number of aromatic nitrogens is 1. The molecule has 0 unspecified atom stereocenters. The summed E-state index contributed by atoms with van der Waals surface area (Å²) < 4.78 is 2.30. The first-order chi connectivity index (χ1) is 19.2. The highest BCUT2D eigenvalue weighted by molar-refractivity contribution is 5.99. The Hall–Kier alpha value is -4.44. The number of nitrogens with zero attached hydrogens (tertiary/aromatic N) is 1. The Morgan fingerprint density at radius 3 is 2.20 bits per heavy atom. The summed E-state index contributed by atoms with van der Waals surface area (Å²) >= 11 is 0. The zero-order valence-corrected chi connectivity index (χ0v) is 23.9. The molecule has 0 saturated carbocycles. The van der Waals surface area contributed by atoms with Crippen molar-refractivity contribution >= 4 is 23.1 Å². The lowest BCUT2D eigenvalue weighted by Crippen LogP contribution is -2.22. The van der Waals surface area contributed by atoms with Crippen LogP contribution in [-0.4, -0.2) is 16.8 Å². The number of benzene rings is 4. The lowest BCUT2D eigenvalue weighted by Gasteiger charge is -2.19. The van der Waals surface area contributed by atoms with Crippen LogP contribution in [0.3, 0.4) is 0 Å². The molecule has 0 aliphatic carbocycles. The Kier molecular flexibility index (Phi) is 7.44. The molecule has 0 aliphatic heterocycles. The van der Waals surface area contributed by atoms with Crippen LogP contribution < -0.4 is 5.32 Å². The Balaban J connectivity index is 1.33. The number of amides is 1. The quantitative estimate of drug-likeness (QED) is 0.218. The molecule has 0 aliphatic rings. The van der Waals surface area contributed by atoms with E-state index < -0.39 is 0 Å². The minimum atomic E-state index is -0.0715. The number of hydrogen-bond acceptors (Lipinski definition) is 2. The largest absolute Gasteiger partial charge is 0.348 e. The average molecular weight is 529 g/mol. The van der Waals surface area contributed by atoms with Gasteiger partial charge in [0, 0.05) is 40.8 Å². The number of nitrogens with one attached hydrogen (secondary N) is 1. The summed E-state index contributed by atoms with van der Waals surface area (Å²) in [6, 6.07) is 30.5.